The minimum Gasteiger partial charge on any atom is -0.353 e. The lowest BCUT2D eigenvalue weighted by atomic mass is 10.0. The maximum Gasteiger partial charge on any atom is 0.234 e. The number of aliphatic imine (C=N–C) groups is 1. The minimum atomic E-state index is 0. The summed E-state index contributed by atoms with van der Waals surface area (Å²) in [7, 11) is 1.83. The molecule has 0 spiro atoms. The van der Waals surface area contributed by atoms with E-state index in [9.17, 15) is 4.79 Å². The molecule has 2 aromatic rings. The van der Waals surface area contributed by atoms with Crippen molar-refractivity contribution in [2.24, 2.45) is 4.99 Å². The third-order valence-electron chi connectivity index (χ3n) is 5.02. The van der Waals surface area contributed by atoms with Crippen molar-refractivity contribution in [3.05, 3.63) is 48.0 Å². The van der Waals surface area contributed by atoms with Crippen molar-refractivity contribution in [3.63, 3.8) is 0 Å². The highest BCUT2D eigenvalue weighted by molar-refractivity contribution is 14.0. The number of hydrogen-bond acceptors (Lipinski definition) is 3. The summed E-state index contributed by atoms with van der Waals surface area (Å²) in [5.74, 6) is 1.01. The van der Waals surface area contributed by atoms with E-state index >= 15 is 0 Å². The van der Waals surface area contributed by atoms with E-state index in [1.807, 2.05) is 20.9 Å². The quantitative estimate of drug-likeness (QED) is 0.370. The van der Waals surface area contributed by atoms with Crippen LogP contribution in [0.5, 0.6) is 0 Å². The van der Waals surface area contributed by atoms with Crippen molar-refractivity contribution in [2.45, 2.75) is 26.4 Å². The second-order valence-corrected chi connectivity index (χ2v) is 7.52. The molecule has 7 heteroatoms. The first-order valence-corrected chi connectivity index (χ1v) is 10.0. The molecule has 0 aliphatic carbocycles. The van der Waals surface area contributed by atoms with E-state index in [0.29, 0.717) is 6.54 Å². The molecule has 2 aromatic carbocycles. The van der Waals surface area contributed by atoms with Gasteiger partial charge < -0.3 is 15.5 Å². The van der Waals surface area contributed by atoms with Crippen LogP contribution in [0.4, 0.5) is 0 Å². The van der Waals surface area contributed by atoms with E-state index in [1.54, 1.807) is 0 Å². The fraction of sp³-hybridized carbons (Fsp3) is 0.455. The van der Waals surface area contributed by atoms with Gasteiger partial charge in [-0.15, -0.1) is 24.0 Å². The van der Waals surface area contributed by atoms with Gasteiger partial charge in [-0.2, -0.15) is 0 Å². The number of carbonyl (C=O) groups is 1. The van der Waals surface area contributed by atoms with Crippen molar-refractivity contribution in [3.8, 4) is 0 Å². The summed E-state index contributed by atoms with van der Waals surface area (Å²) in [6.45, 7) is 8.64. The van der Waals surface area contributed by atoms with Crippen LogP contribution in [-0.4, -0.2) is 67.5 Å². The zero-order chi connectivity index (χ0) is 19.9. The third kappa shape index (κ3) is 6.57. The fourth-order valence-corrected chi connectivity index (χ4v) is 3.64. The molecular formula is C22H32IN5O. The van der Waals surface area contributed by atoms with Crippen molar-refractivity contribution in [1.82, 2.24) is 20.4 Å². The number of nitrogens with one attached hydrogen (secondary N) is 2. The van der Waals surface area contributed by atoms with Gasteiger partial charge in [-0.1, -0.05) is 42.5 Å². The van der Waals surface area contributed by atoms with Gasteiger partial charge in [0.05, 0.1) is 6.54 Å². The number of fused-ring (bicyclic) bond motifs is 1. The Balaban J connectivity index is 0.00000300. The summed E-state index contributed by atoms with van der Waals surface area (Å²) in [4.78, 5) is 20.9. The minimum absolute atomic E-state index is 0. The largest absolute Gasteiger partial charge is 0.353 e. The summed E-state index contributed by atoms with van der Waals surface area (Å²) in [6.07, 6.45) is 0. The van der Waals surface area contributed by atoms with Crippen LogP contribution in [0.2, 0.25) is 0 Å². The van der Waals surface area contributed by atoms with Gasteiger partial charge >= 0.3 is 0 Å². The number of halogens is 1. The van der Waals surface area contributed by atoms with Crippen LogP contribution in [0.1, 0.15) is 19.4 Å². The highest BCUT2D eigenvalue weighted by Crippen LogP contribution is 2.18. The first-order valence-electron chi connectivity index (χ1n) is 10.0. The molecule has 2 N–H and O–H groups in total. The maximum atomic E-state index is 12.0. The van der Waals surface area contributed by atoms with Gasteiger partial charge in [0.25, 0.3) is 0 Å². The van der Waals surface area contributed by atoms with E-state index in [1.165, 1.54) is 16.3 Å². The molecule has 29 heavy (non-hydrogen) atoms. The van der Waals surface area contributed by atoms with Crippen LogP contribution in [0, 0.1) is 0 Å². The fourth-order valence-electron chi connectivity index (χ4n) is 3.64. The van der Waals surface area contributed by atoms with Gasteiger partial charge in [0.1, 0.15) is 0 Å². The van der Waals surface area contributed by atoms with Gasteiger partial charge in [-0.05, 0) is 30.2 Å². The Morgan fingerprint density at radius 1 is 1.07 bits per heavy atom. The Labute approximate surface area is 190 Å². The molecule has 0 saturated carbocycles. The number of hydrogen-bond donors (Lipinski definition) is 2. The number of benzene rings is 2. The van der Waals surface area contributed by atoms with Crippen molar-refractivity contribution in [1.29, 1.82) is 0 Å². The summed E-state index contributed by atoms with van der Waals surface area (Å²) in [5, 5.41) is 8.99. The molecule has 0 aromatic heterocycles. The van der Waals surface area contributed by atoms with Crippen LogP contribution >= 0.6 is 24.0 Å². The molecule has 0 bridgehead atoms. The standard InChI is InChI=1S/C22H31N5O.HI/c1-17(2)25-21(28)16-26-11-13-27(14-12-26)22(23-3)24-15-19-9-6-8-18-7-4-5-10-20(18)19;/h4-10,17H,11-16H2,1-3H3,(H,23,24)(H,25,28);1H. The molecule has 1 saturated heterocycles. The van der Waals surface area contributed by atoms with Gasteiger partial charge in [-0.25, -0.2) is 0 Å². The molecular weight excluding hydrogens is 477 g/mol. The molecule has 1 fully saturated rings. The van der Waals surface area contributed by atoms with Gasteiger partial charge in [0.15, 0.2) is 5.96 Å². The topological polar surface area (TPSA) is 60.0 Å². The smallest absolute Gasteiger partial charge is 0.234 e. The Morgan fingerprint density at radius 2 is 1.76 bits per heavy atom. The second-order valence-electron chi connectivity index (χ2n) is 7.52. The zero-order valence-corrected chi connectivity index (χ0v) is 19.8. The average molecular weight is 509 g/mol. The van der Waals surface area contributed by atoms with Crippen molar-refractivity contribution >= 4 is 46.6 Å². The average Bonchev–Trinajstić information content (AvgIpc) is 2.69. The van der Waals surface area contributed by atoms with E-state index in [0.717, 1.165) is 38.7 Å². The molecule has 1 aliphatic heterocycles. The molecule has 1 heterocycles. The molecule has 158 valence electrons. The summed E-state index contributed by atoms with van der Waals surface area (Å²) >= 11 is 0. The number of amides is 1. The first-order chi connectivity index (χ1) is 13.6. The number of nitrogens with zero attached hydrogens (tertiary/aromatic N) is 3. The first kappa shape index (κ1) is 23.4. The Hall–Kier alpha value is -1.87. The lowest BCUT2D eigenvalue weighted by molar-refractivity contribution is -0.123. The molecule has 0 atom stereocenters. The van der Waals surface area contributed by atoms with Gasteiger partial charge in [0.2, 0.25) is 5.91 Å². The van der Waals surface area contributed by atoms with Crippen LogP contribution in [0.15, 0.2) is 47.5 Å². The highest BCUT2D eigenvalue weighted by atomic mass is 127. The summed E-state index contributed by atoms with van der Waals surface area (Å²) in [5.41, 5.74) is 1.27. The number of guanidine groups is 1. The third-order valence-corrected chi connectivity index (χ3v) is 5.02. The van der Waals surface area contributed by atoms with Crippen LogP contribution in [-0.2, 0) is 11.3 Å². The Morgan fingerprint density at radius 3 is 2.45 bits per heavy atom. The Bertz CT molecular complexity index is 826. The maximum absolute atomic E-state index is 12.0. The van der Waals surface area contributed by atoms with E-state index in [4.69, 9.17) is 0 Å². The van der Waals surface area contributed by atoms with Crippen molar-refractivity contribution in [2.75, 3.05) is 39.8 Å². The normalized spacial score (nSPS) is 15.3. The SMILES string of the molecule is CN=C(NCc1cccc2ccccc12)N1CCN(CC(=O)NC(C)C)CC1.I. The molecule has 1 amide bonds. The molecule has 0 unspecified atom stereocenters. The molecule has 0 radical (unpaired) electrons. The number of rotatable bonds is 5. The van der Waals surface area contributed by atoms with E-state index in [2.05, 4.69) is 67.9 Å². The van der Waals surface area contributed by atoms with E-state index < -0.39 is 0 Å². The molecule has 1 aliphatic rings. The van der Waals surface area contributed by atoms with Crippen molar-refractivity contribution < 1.29 is 4.79 Å². The Kier molecular flexibility index (Phi) is 9.16. The monoisotopic (exact) mass is 509 g/mol. The van der Waals surface area contributed by atoms with E-state index in [-0.39, 0.29) is 35.9 Å². The zero-order valence-electron chi connectivity index (χ0n) is 17.5. The van der Waals surface area contributed by atoms with Gasteiger partial charge in [0, 0.05) is 45.8 Å². The van der Waals surface area contributed by atoms with Crippen LogP contribution in [0.25, 0.3) is 10.8 Å². The highest BCUT2D eigenvalue weighted by Gasteiger charge is 2.21. The number of carbonyl (C=O) groups excluding carboxylic acids is 1. The summed E-state index contributed by atoms with van der Waals surface area (Å²) in [6, 6.07) is 15.0. The molecule has 3 rings (SSSR count). The predicted octanol–water partition coefficient (Wildman–Crippen LogP) is 2.68. The number of piperazine rings is 1. The summed E-state index contributed by atoms with van der Waals surface area (Å²) < 4.78 is 0. The molecule has 6 nitrogen and oxygen atoms in total. The lowest BCUT2D eigenvalue weighted by Gasteiger charge is -2.36. The predicted molar refractivity (Wildman–Crippen MR) is 131 cm³/mol. The second kappa shape index (κ2) is 11.3. The van der Waals surface area contributed by atoms with Gasteiger partial charge in [-0.3, -0.25) is 14.7 Å². The van der Waals surface area contributed by atoms with Crippen LogP contribution < -0.4 is 10.6 Å². The van der Waals surface area contributed by atoms with Crippen LogP contribution in [0.3, 0.4) is 0 Å². The lowest BCUT2D eigenvalue weighted by Crippen LogP contribution is -2.54.